The second kappa shape index (κ2) is 5.49. The Morgan fingerprint density at radius 2 is 1.91 bits per heavy atom. The van der Waals surface area contributed by atoms with Gasteiger partial charge in [-0.25, -0.2) is 0 Å². The van der Waals surface area contributed by atoms with E-state index >= 15 is 0 Å². The summed E-state index contributed by atoms with van der Waals surface area (Å²) in [6, 6.07) is 4.62. The zero-order valence-electron chi connectivity index (χ0n) is 12.9. The molecule has 1 saturated heterocycles. The number of amides is 4. The summed E-state index contributed by atoms with van der Waals surface area (Å²) >= 11 is 0. The molecule has 2 aliphatic rings. The molecule has 0 saturated carbocycles. The molecular formula is C16H17N3O4. The molecule has 120 valence electrons. The summed E-state index contributed by atoms with van der Waals surface area (Å²) in [7, 11) is 0. The minimum Gasteiger partial charge on any atom is -0.339 e. The number of nitrogens with one attached hydrogen (secondary N) is 2. The Balaban J connectivity index is 1.72. The predicted molar refractivity (Wildman–Crippen MR) is 81.8 cm³/mol. The number of imide groups is 1. The van der Waals surface area contributed by atoms with Crippen LogP contribution in [0.2, 0.25) is 0 Å². The molecule has 7 heteroatoms. The van der Waals surface area contributed by atoms with Gasteiger partial charge in [0.15, 0.2) is 0 Å². The number of nitrogens with zero attached hydrogens (tertiary/aromatic N) is 1. The molecule has 7 nitrogen and oxygen atoms in total. The van der Waals surface area contributed by atoms with Gasteiger partial charge in [0.05, 0.1) is 17.0 Å². The second-order valence-corrected chi connectivity index (χ2v) is 6.07. The van der Waals surface area contributed by atoms with Crippen molar-refractivity contribution >= 4 is 29.3 Å². The maximum absolute atomic E-state index is 12.3. The highest BCUT2D eigenvalue weighted by atomic mass is 16.2. The van der Waals surface area contributed by atoms with Gasteiger partial charge < -0.3 is 10.2 Å². The number of likely N-dealkylation sites (tertiary alicyclic amines) is 1. The monoisotopic (exact) mass is 315 g/mol. The average Bonchev–Trinajstić information content (AvgIpc) is 3.00. The highest BCUT2D eigenvalue weighted by molar-refractivity contribution is 6.22. The maximum Gasteiger partial charge on any atom is 0.259 e. The zero-order valence-corrected chi connectivity index (χ0v) is 12.9. The van der Waals surface area contributed by atoms with Crippen molar-refractivity contribution in [3.63, 3.8) is 0 Å². The van der Waals surface area contributed by atoms with Crippen molar-refractivity contribution in [3.8, 4) is 0 Å². The van der Waals surface area contributed by atoms with Gasteiger partial charge in [0.25, 0.3) is 11.8 Å². The van der Waals surface area contributed by atoms with Gasteiger partial charge in [-0.15, -0.1) is 0 Å². The van der Waals surface area contributed by atoms with Gasteiger partial charge in [0.1, 0.15) is 0 Å². The van der Waals surface area contributed by atoms with Gasteiger partial charge in [-0.05, 0) is 32.0 Å². The lowest BCUT2D eigenvalue weighted by Crippen LogP contribution is -2.33. The van der Waals surface area contributed by atoms with Gasteiger partial charge in [0.2, 0.25) is 11.8 Å². The summed E-state index contributed by atoms with van der Waals surface area (Å²) in [5.41, 5.74) is 0.989. The zero-order chi connectivity index (χ0) is 16.7. The van der Waals surface area contributed by atoms with E-state index in [1.165, 1.54) is 12.1 Å². The Morgan fingerprint density at radius 1 is 1.22 bits per heavy atom. The van der Waals surface area contributed by atoms with E-state index in [1.807, 2.05) is 13.8 Å². The summed E-state index contributed by atoms with van der Waals surface area (Å²) in [6.07, 6.45) is 0.188. The molecule has 0 aliphatic carbocycles. The van der Waals surface area contributed by atoms with Crippen LogP contribution in [0.3, 0.4) is 0 Å². The lowest BCUT2D eigenvalue weighted by atomic mass is 10.1. The number of carbonyl (C=O) groups is 4. The smallest absolute Gasteiger partial charge is 0.259 e. The van der Waals surface area contributed by atoms with Gasteiger partial charge >= 0.3 is 0 Å². The average molecular weight is 315 g/mol. The molecule has 0 radical (unpaired) electrons. The van der Waals surface area contributed by atoms with E-state index in [4.69, 9.17) is 0 Å². The molecule has 0 aromatic heterocycles. The number of rotatable bonds is 3. The van der Waals surface area contributed by atoms with Crippen LogP contribution in [0.25, 0.3) is 0 Å². The van der Waals surface area contributed by atoms with Crippen molar-refractivity contribution in [3.05, 3.63) is 29.3 Å². The fourth-order valence-corrected chi connectivity index (χ4v) is 2.90. The first-order valence-electron chi connectivity index (χ1n) is 7.47. The van der Waals surface area contributed by atoms with Crippen LogP contribution in [0.1, 0.15) is 41.0 Å². The molecule has 2 aliphatic heterocycles. The Bertz CT molecular complexity index is 726. The molecule has 3 rings (SSSR count). The largest absolute Gasteiger partial charge is 0.339 e. The van der Waals surface area contributed by atoms with E-state index in [0.717, 1.165) is 0 Å². The van der Waals surface area contributed by atoms with E-state index in [2.05, 4.69) is 10.6 Å². The molecule has 1 atom stereocenters. The van der Waals surface area contributed by atoms with Crippen LogP contribution < -0.4 is 10.6 Å². The SMILES string of the molecule is CC(C)N1CC(C(=O)Nc2ccc3c(c2)C(=O)NC3=O)CC1=O. The van der Waals surface area contributed by atoms with Crippen molar-refractivity contribution in [2.45, 2.75) is 26.3 Å². The van der Waals surface area contributed by atoms with E-state index in [1.54, 1.807) is 11.0 Å². The van der Waals surface area contributed by atoms with Crippen molar-refractivity contribution in [1.29, 1.82) is 0 Å². The van der Waals surface area contributed by atoms with Gasteiger partial charge in [0, 0.05) is 24.7 Å². The number of hydrogen-bond acceptors (Lipinski definition) is 4. The number of fused-ring (bicyclic) bond motifs is 1. The predicted octanol–water partition coefficient (Wildman–Crippen LogP) is 0.766. The topological polar surface area (TPSA) is 95.6 Å². The fourth-order valence-electron chi connectivity index (χ4n) is 2.90. The lowest BCUT2D eigenvalue weighted by Gasteiger charge is -2.20. The third kappa shape index (κ3) is 2.69. The molecule has 0 spiro atoms. The Labute approximate surface area is 133 Å². The second-order valence-electron chi connectivity index (χ2n) is 6.07. The molecular weight excluding hydrogens is 298 g/mol. The molecule has 23 heavy (non-hydrogen) atoms. The number of carbonyl (C=O) groups excluding carboxylic acids is 4. The van der Waals surface area contributed by atoms with Crippen LogP contribution in [0.4, 0.5) is 5.69 Å². The van der Waals surface area contributed by atoms with Crippen molar-refractivity contribution in [2.75, 3.05) is 11.9 Å². The standard InChI is InChI=1S/C16H17N3O4/c1-8(2)19-7-9(5-13(19)20)14(21)17-10-3-4-11-12(6-10)16(23)18-15(11)22/h3-4,6,8-9H,5,7H2,1-2H3,(H,17,21)(H,18,22,23). The lowest BCUT2D eigenvalue weighted by molar-refractivity contribution is -0.129. The highest BCUT2D eigenvalue weighted by Gasteiger charge is 2.35. The number of anilines is 1. The fraction of sp³-hybridized carbons (Fsp3) is 0.375. The highest BCUT2D eigenvalue weighted by Crippen LogP contribution is 2.24. The number of hydrogen-bond donors (Lipinski definition) is 2. The Kier molecular flexibility index (Phi) is 3.63. The molecule has 1 aromatic rings. The number of benzene rings is 1. The molecule has 1 unspecified atom stereocenters. The van der Waals surface area contributed by atoms with E-state index in [9.17, 15) is 19.2 Å². The van der Waals surface area contributed by atoms with E-state index < -0.39 is 17.7 Å². The molecule has 0 bridgehead atoms. The third-order valence-corrected chi connectivity index (χ3v) is 4.16. The van der Waals surface area contributed by atoms with Crippen molar-refractivity contribution in [2.24, 2.45) is 5.92 Å². The molecule has 4 amide bonds. The van der Waals surface area contributed by atoms with Crippen LogP contribution in [-0.2, 0) is 9.59 Å². The first kappa shape index (κ1) is 15.2. The van der Waals surface area contributed by atoms with Crippen LogP contribution in [0, 0.1) is 5.92 Å². The molecule has 1 aromatic carbocycles. The first-order chi connectivity index (χ1) is 10.9. The molecule has 1 fully saturated rings. The van der Waals surface area contributed by atoms with E-state index in [-0.39, 0.29) is 29.8 Å². The van der Waals surface area contributed by atoms with Crippen molar-refractivity contribution < 1.29 is 19.2 Å². The maximum atomic E-state index is 12.3. The first-order valence-corrected chi connectivity index (χ1v) is 7.47. The summed E-state index contributed by atoms with van der Waals surface area (Å²) in [5.74, 6) is -1.60. The quantitative estimate of drug-likeness (QED) is 0.805. The van der Waals surface area contributed by atoms with Gasteiger partial charge in [-0.3, -0.25) is 24.5 Å². The minimum absolute atomic E-state index is 0.0286. The van der Waals surface area contributed by atoms with Gasteiger partial charge in [-0.1, -0.05) is 0 Å². The third-order valence-electron chi connectivity index (χ3n) is 4.16. The van der Waals surface area contributed by atoms with Crippen LogP contribution in [-0.4, -0.2) is 41.1 Å². The summed E-state index contributed by atoms with van der Waals surface area (Å²) < 4.78 is 0. The Hall–Kier alpha value is -2.70. The normalized spacial score (nSPS) is 20.0. The van der Waals surface area contributed by atoms with Crippen LogP contribution in [0.5, 0.6) is 0 Å². The summed E-state index contributed by atoms with van der Waals surface area (Å²) in [4.78, 5) is 49.0. The van der Waals surface area contributed by atoms with E-state index in [0.29, 0.717) is 17.8 Å². The molecule has 2 heterocycles. The summed E-state index contributed by atoms with van der Waals surface area (Å²) in [5, 5.41) is 4.92. The van der Waals surface area contributed by atoms with Crippen molar-refractivity contribution in [1.82, 2.24) is 10.2 Å². The molecule has 2 N–H and O–H groups in total. The van der Waals surface area contributed by atoms with Gasteiger partial charge in [-0.2, -0.15) is 0 Å². The Morgan fingerprint density at radius 3 is 2.57 bits per heavy atom. The summed E-state index contributed by atoms with van der Waals surface area (Å²) in [6.45, 7) is 4.22. The van der Waals surface area contributed by atoms with Crippen LogP contribution >= 0.6 is 0 Å². The van der Waals surface area contributed by atoms with Crippen LogP contribution in [0.15, 0.2) is 18.2 Å². The minimum atomic E-state index is -0.469.